The van der Waals surface area contributed by atoms with Crippen LogP contribution in [0.5, 0.6) is 0 Å². The van der Waals surface area contributed by atoms with Crippen LogP contribution in [0.15, 0.2) is 55.1 Å². The van der Waals surface area contributed by atoms with Gasteiger partial charge in [0.05, 0.1) is 54.5 Å². The summed E-state index contributed by atoms with van der Waals surface area (Å²) in [6, 6.07) is 2.82. The van der Waals surface area contributed by atoms with Gasteiger partial charge in [-0.2, -0.15) is 15.2 Å². The number of carbonyl (C=O) groups excluding carboxylic acids is 1. The van der Waals surface area contributed by atoms with Crippen molar-refractivity contribution in [2.75, 3.05) is 48.8 Å². The predicted molar refractivity (Wildman–Crippen MR) is 254 cm³/mol. The van der Waals surface area contributed by atoms with E-state index in [0.717, 1.165) is 6.08 Å². The van der Waals surface area contributed by atoms with E-state index in [1.165, 1.54) is 58.7 Å². The van der Waals surface area contributed by atoms with Crippen LogP contribution in [0.4, 0.5) is 23.1 Å². The van der Waals surface area contributed by atoms with Gasteiger partial charge < -0.3 is 76.4 Å². The standard InChI is InChI=1S/C14H17N5O6.C13H13N5O5.C10H12IN5O4.C2H4.B/c1-24-8(21)3-2-6-9-12(15)16-5-17-13(9)19(18-6)14-11(23)10(22)7(4-20)25-14;19-3-6-9(21)10(22)13(23-6)18-12-8-5(17-18)1-2-7(20)16-11(8)14-4-15-12;11-7-4-8(12)13-2-14-9(4)16(15-7)10-6(19)5(18)3(1-17)20-10;1-2;/h2-3,5,7,10-11,14,20,22-23H,4H2,1H3,(H2,15,16,17);1-2,4,6,9-10,13,17,19,21-22H,3H2;2-3,5-6,10,17-19H,1H2,(H2,12,13,14);1-2H2;/b3-2+;;;;/t7-,10-,11-,14-;6-,9-,10-,13-;3-,5-,6-,10-;;/m111../s1. The van der Waals surface area contributed by atoms with Crippen molar-refractivity contribution < 1.29 is 69.7 Å². The maximum atomic E-state index is 11.5. The van der Waals surface area contributed by atoms with E-state index in [-0.39, 0.29) is 37.0 Å². The van der Waals surface area contributed by atoms with Crippen molar-refractivity contribution in [3.05, 3.63) is 70.1 Å². The number of hydrogen-bond donors (Lipinski definition) is 12. The van der Waals surface area contributed by atoms with Crippen molar-refractivity contribution in [2.45, 2.75) is 73.6 Å². The molecule has 32 heteroatoms. The molecule has 71 heavy (non-hydrogen) atoms. The van der Waals surface area contributed by atoms with E-state index in [0.29, 0.717) is 37.0 Å². The van der Waals surface area contributed by atoms with Gasteiger partial charge in [0.2, 0.25) is 0 Å². The molecule has 10 heterocycles. The number of nitrogens with zero attached hydrogens (tertiary/aromatic N) is 12. The molecule has 377 valence electrons. The normalized spacial score (nSPS) is 27.3. The average Bonchev–Trinajstić information content (AvgIpc) is 4.18. The molecule has 0 aromatic carbocycles. The van der Waals surface area contributed by atoms with Gasteiger partial charge in [-0.25, -0.2) is 49.1 Å². The van der Waals surface area contributed by atoms with Gasteiger partial charge in [0, 0.05) is 20.6 Å². The first kappa shape index (κ1) is 54.1. The molecule has 4 aliphatic rings. The Morgan fingerprint density at radius 2 is 1.23 bits per heavy atom. The minimum Gasteiger partial charge on any atom is -0.466 e. The van der Waals surface area contributed by atoms with Crippen LogP contribution in [0, 0.1) is 3.70 Å². The number of nitrogen functional groups attached to an aromatic ring is 2. The molecule has 3 radical (unpaired) electrons. The summed E-state index contributed by atoms with van der Waals surface area (Å²) in [5.74, 6) is 0.166. The Kier molecular flexibility index (Phi) is 17.4. The monoisotopic (exact) mass is 1100 g/mol. The molecule has 3 fully saturated rings. The van der Waals surface area contributed by atoms with Gasteiger partial charge >= 0.3 is 5.97 Å². The number of nitrogens with one attached hydrogen (secondary N) is 1. The minimum atomic E-state index is -1.34. The number of carbonyl (C=O) groups is 1. The Bertz CT molecular complexity index is 2940. The Morgan fingerprint density at radius 1 is 0.732 bits per heavy atom. The largest absolute Gasteiger partial charge is 0.466 e. The highest BCUT2D eigenvalue weighted by Gasteiger charge is 2.48. The summed E-state index contributed by atoms with van der Waals surface area (Å²) < 4.78 is 24.1. The zero-order valence-corrected chi connectivity index (χ0v) is 39.1. The Balaban J connectivity index is 0.000000171. The molecule has 0 spiro atoms. The third-order valence-corrected chi connectivity index (χ3v) is 11.8. The molecular formula is C39H46BIN15O15. The van der Waals surface area contributed by atoms with Gasteiger partial charge in [0.1, 0.15) is 89.3 Å². The van der Waals surface area contributed by atoms with E-state index >= 15 is 0 Å². The van der Waals surface area contributed by atoms with E-state index in [1.807, 2.05) is 22.6 Å². The fraction of sp³-hybridized carbons (Fsp3) is 0.410. The summed E-state index contributed by atoms with van der Waals surface area (Å²) >= 11 is 1.98. The quantitative estimate of drug-likeness (QED) is 0.0224. The number of nitrogens with two attached hydrogens (primary N) is 2. The fourth-order valence-corrected chi connectivity index (χ4v) is 8.38. The van der Waals surface area contributed by atoms with Crippen molar-refractivity contribution in [1.29, 1.82) is 0 Å². The second-order valence-electron chi connectivity index (χ2n) is 15.1. The van der Waals surface area contributed by atoms with Gasteiger partial charge in [-0.15, -0.1) is 13.2 Å². The number of fused-ring (bicyclic) bond motifs is 2. The van der Waals surface area contributed by atoms with Gasteiger partial charge in [-0.05, 0) is 34.7 Å². The number of anilines is 4. The third kappa shape index (κ3) is 10.3. The van der Waals surface area contributed by atoms with E-state index in [4.69, 9.17) is 30.8 Å². The molecule has 14 N–H and O–H groups in total. The van der Waals surface area contributed by atoms with E-state index in [2.05, 4.69) is 68.4 Å². The van der Waals surface area contributed by atoms with Crippen molar-refractivity contribution in [2.24, 2.45) is 0 Å². The molecule has 0 aliphatic carbocycles. The molecule has 0 amide bonds. The van der Waals surface area contributed by atoms with Gasteiger partial charge in [0.25, 0.3) is 5.56 Å². The molecule has 12 atom stereocenters. The lowest BCUT2D eigenvalue weighted by molar-refractivity contribution is -0.134. The summed E-state index contributed by atoms with van der Waals surface area (Å²) in [5, 5.41) is 98.9. The zero-order chi connectivity index (χ0) is 50.7. The van der Waals surface area contributed by atoms with Crippen molar-refractivity contribution in [1.82, 2.24) is 54.4 Å². The van der Waals surface area contributed by atoms with E-state index < -0.39 is 105 Å². The highest BCUT2D eigenvalue weighted by Crippen LogP contribution is 2.39. The molecule has 0 unspecified atom stereocenters. The molecule has 30 nitrogen and oxygen atoms in total. The first-order valence-corrected chi connectivity index (χ1v) is 21.7. The number of ether oxygens (including phenoxy) is 4. The van der Waals surface area contributed by atoms with Crippen LogP contribution in [-0.4, -0.2) is 203 Å². The molecule has 6 aromatic rings. The van der Waals surface area contributed by atoms with E-state index in [1.54, 1.807) is 0 Å². The predicted octanol–water partition coefficient (Wildman–Crippen LogP) is -4.78. The number of halogens is 1. The van der Waals surface area contributed by atoms with Crippen LogP contribution in [-0.2, 0) is 23.7 Å². The lowest BCUT2D eigenvalue weighted by atomic mass is 10.1. The lowest BCUT2D eigenvalue weighted by Gasteiger charge is -2.27. The average molecular weight is 1100 g/mol. The van der Waals surface area contributed by atoms with Crippen molar-refractivity contribution in [3.63, 3.8) is 0 Å². The smallest absolute Gasteiger partial charge is 0.330 e. The number of methoxy groups -OCH3 is 1. The molecule has 10 rings (SSSR count). The van der Waals surface area contributed by atoms with E-state index in [9.17, 15) is 50.4 Å². The van der Waals surface area contributed by atoms with Crippen LogP contribution in [0.25, 0.3) is 39.2 Å². The second kappa shape index (κ2) is 22.9. The first-order chi connectivity index (χ1) is 33.6. The van der Waals surface area contributed by atoms with Crippen molar-refractivity contribution in [3.8, 4) is 0 Å². The fourth-order valence-electron chi connectivity index (χ4n) is 7.63. The highest BCUT2D eigenvalue weighted by molar-refractivity contribution is 14.1. The minimum absolute atomic E-state index is 0. The number of aliphatic hydroxyl groups excluding tert-OH is 9. The Morgan fingerprint density at radius 3 is 1.76 bits per heavy atom. The lowest BCUT2D eigenvalue weighted by Crippen LogP contribution is -2.46. The molecule has 6 aromatic heterocycles. The van der Waals surface area contributed by atoms with Crippen LogP contribution in [0.1, 0.15) is 18.1 Å². The van der Waals surface area contributed by atoms with Gasteiger partial charge in [-0.3, -0.25) is 10.2 Å². The van der Waals surface area contributed by atoms with Crippen LogP contribution in [0.3, 0.4) is 0 Å². The van der Waals surface area contributed by atoms with Gasteiger partial charge in [-0.1, -0.05) is 0 Å². The number of hydrazine groups is 1. The molecular weight excluding hydrogens is 1060 g/mol. The maximum Gasteiger partial charge on any atom is 0.330 e. The molecule has 4 aliphatic heterocycles. The highest BCUT2D eigenvalue weighted by atomic mass is 127. The second-order valence-corrected chi connectivity index (χ2v) is 16.1. The van der Waals surface area contributed by atoms with Gasteiger partial charge in [0.15, 0.2) is 41.4 Å². The van der Waals surface area contributed by atoms with Crippen LogP contribution in [0.2, 0.25) is 0 Å². The maximum absolute atomic E-state index is 11.5. The summed E-state index contributed by atoms with van der Waals surface area (Å²) in [7, 11) is 1.24. The molecule has 3 saturated heterocycles. The zero-order valence-electron chi connectivity index (χ0n) is 37.0. The number of esters is 1. The number of aliphatic hydroxyl groups is 9. The molecule has 0 saturated carbocycles. The van der Waals surface area contributed by atoms with Crippen LogP contribution < -0.4 is 27.5 Å². The summed E-state index contributed by atoms with van der Waals surface area (Å²) in [4.78, 5) is 50.8. The number of hydrogen-bond acceptors (Lipinski definition) is 28. The van der Waals surface area contributed by atoms with Crippen LogP contribution >= 0.6 is 22.6 Å². The molecule has 0 bridgehead atoms. The topological polar surface area (TPSA) is 446 Å². The number of aromatic nitrogens is 11. The first-order valence-electron chi connectivity index (χ1n) is 20.6. The Hall–Kier alpha value is -6.28. The SMILES string of the molecule is C=C.COC(=O)/C=C/c1nn([C@@H]2O[C@H](CO)[C@@H](O)[C@H]2O)c2ncnc(N)c12.Nc1ncnc2c1c(I)nn2[C@@H]1O[C@H](CO)[C@@H](O)[C@H]1O.O=c1ccc2c3c(ncnc3n1)N([C@@H]1O[C@H](CO)[C@@H](O)[C@H]1O)N2.[B]. The van der Waals surface area contributed by atoms with Crippen molar-refractivity contribution >= 4 is 99.3 Å². The summed E-state index contributed by atoms with van der Waals surface area (Å²) in [6.07, 6.45) is -7.00. The number of rotatable bonds is 8. The summed E-state index contributed by atoms with van der Waals surface area (Å²) in [6.45, 7) is 4.70. The third-order valence-electron chi connectivity index (χ3n) is 11.0. The summed E-state index contributed by atoms with van der Waals surface area (Å²) in [5.41, 5.74) is 15.8. The Labute approximate surface area is 414 Å².